The van der Waals surface area contributed by atoms with Crippen molar-refractivity contribution in [2.75, 3.05) is 5.32 Å². The van der Waals surface area contributed by atoms with Crippen molar-refractivity contribution in [3.8, 4) is 0 Å². The summed E-state index contributed by atoms with van der Waals surface area (Å²) in [4.78, 5) is 41.2. The van der Waals surface area contributed by atoms with Crippen LogP contribution in [0.15, 0.2) is 40.2 Å². The number of carbonyl (C=O) groups is 1. The highest BCUT2D eigenvalue weighted by molar-refractivity contribution is 14.1. The summed E-state index contributed by atoms with van der Waals surface area (Å²) < 4.78 is 4.67. The van der Waals surface area contributed by atoms with E-state index in [0.717, 1.165) is 8.14 Å². The van der Waals surface area contributed by atoms with E-state index in [1.54, 1.807) is 19.2 Å². The molecule has 0 bridgehead atoms. The maximum Gasteiger partial charge on any atom is 0.332 e. The largest absolute Gasteiger partial charge is 0.332 e. The zero-order valence-corrected chi connectivity index (χ0v) is 15.1. The second-order valence-electron chi connectivity index (χ2n) is 5.32. The number of carbonyl (C=O) groups excluding carboxylic acids is 1. The quantitative estimate of drug-likeness (QED) is 0.608. The molecule has 1 N–H and O–H groups in total. The SMILES string of the molecule is Cn1cnc2c1c(=O)n(CC(=O)Nc1cccc(I)c1)c(=O)n2C. The molecule has 0 spiro atoms. The van der Waals surface area contributed by atoms with Crippen LogP contribution in [0.3, 0.4) is 0 Å². The first-order valence-electron chi connectivity index (χ1n) is 7.04. The van der Waals surface area contributed by atoms with E-state index in [1.165, 1.54) is 22.5 Å². The summed E-state index contributed by atoms with van der Waals surface area (Å²) >= 11 is 2.13. The van der Waals surface area contributed by atoms with Crippen molar-refractivity contribution >= 4 is 45.3 Å². The average Bonchev–Trinajstić information content (AvgIpc) is 2.91. The summed E-state index contributed by atoms with van der Waals surface area (Å²) in [5.41, 5.74) is 0.0641. The molecule has 1 amide bonds. The van der Waals surface area contributed by atoms with Gasteiger partial charge in [-0.25, -0.2) is 14.3 Å². The first-order valence-corrected chi connectivity index (χ1v) is 8.12. The van der Waals surface area contributed by atoms with Gasteiger partial charge in [-0.1, -0.05) is 6.07 Å². The summed E-state index contributed by atoms with van der Waals surface area (Å²) in [5.74, 6) is -0.447. The number of nitrogens with one attached hydrogen (secondary N) is 1. The molecule has 0 fully saturated rings. The number of aryl methyl sites for hydroxylation is 2. The monoisotopic (exact) mass is 439 g/mol. The summed E-state index contributed by atoms with van der Waals surface area (Å²) in [7, 11) is 3.18. The second kappa shape index (κ2) is 6.23. The normalized spacial score (nSPS) is 11.0. The number of imidazole rings is 1. The van der Waals surface area contributed by atoms with Crippen LogP contribution >= 0.6 is 22.6 Å². The minimum Gasteiger partial charge on any atom is -0.328 e. The van der Waals surface area contributed by atoms with Crippen molar-refractivity contribution in [1.82, 2.24) is 18.7 Å². The van der Waals surface area contributed by atoms with Crippen LogP contribution in [-0.4, -0.2) is 24.6 Å². The van der Waals surface area contributed by atoms with Crippen LogP contribution < -0.4 is 16.6 Å². The Hall–Kier alpha value is -2.43. The number of nitrogens with zero attached hydrogens (tertiary/aromatic N) is 4. The molecule has 0 saturated heterocycles. The van der Waals surface area contributed by atoms with E-state index in [1.807, 2.05) is 12.1 Å². The molecule has 2 aromatic heterocycles. The van der Waals surface area contributed by atoms with E-state index >= 15 is 0 Å². The van der Waals surface area contributed by atoms with E-state index < -0.39 is 17.2 Å². The molecule has 0 aliphatic rings. The van der Waals surface area contributed by atoms with Crippen molar-refractivity contribution in [3.63, 3.8) is 0 Å². The molecular formula is C15H14IN5O3. The number of hydrogen-bond donors (Lipinski definition) is 1. The molecule has 0 aliphatic carbocycles. The first kappa shape index (κ1) is 16.4. The van der Waals surface area contributed by atoms with Crippen LogP contribution in [0, 0.1) is 3.57 Å². The van der Waals surface area contributed by atoms with Gasteiger partial charge >= 0.3 is 5.69 Å². The zero-order chi connectivity index (χ0) is 17.4. The summed E-state index contributed by atoms with van der Waals surface area (Å²) in [5, 5.41) is 2.69. The third kappa shape index (κ3) is 2.86. The molecule has 0 radical (unpaired) electrons. The van der Waals surface area contributed by atoms with Gasteiger partial charge in [0.15, 0.2) is 11.2 Å². The van der Waals surface area contributed by atoms with E-state index in [-0.39, 0.29) is 12.1 Å². The Kier molecular flexibility index (Phi) is 4.26. The Labute approximate surface area is 149 Å². The van der Waals surface area contributed by atoms with Crippen LogP contribution in [-0.2, 0) is 25.4 Å². The molecule has 0 unspecified atom stereocenters. The molecule has 8 nitrogen and oxygen atoms in total. The predicted molar refractivity (Wildman–Crippen MR) is 98.0 cm³/mol. The third-order valence-corrected chi connectivity index (χ3v) is 4.28. The van der Waals surface area contributed by atoms with Gasteiger partial charge in [-0.05, 0) is 40.8 Å². The topological polar surface area (TPSA) is 90.9 Å². The number of fused-ring (bicyclic) bond motifs is 1. The lowest BCUT2D eigenvalue weighted by Crippen LogP contribution is -2.42. The molecule has 24 heavy (non-hydrogen) atoms. The van der Waals surface area contributed by atoms with Crippen molar-refractivity contribution in [1.29, 1.82) is 0 Å². The van der Waals surface area contributed by atoms with Gasteiger partial charge in [-0.15, -0.1) is 0 Å². The number of halogens is 1. The number of amides is 1. The van der Waals surface area contributed by atoms with Crippen molar-refractivity contribution in [3.05, 3.63) is 55.0 Å². The lowest BCUT2D eigenvalue weighted by molar-refractivity contribution is -0.116. The molecular weight excluding hydrogens is 425 g/mol. The van der Waals surface area contributed by atoms with Gasteiger partial charge in [0.25, 0.3) is 5.56 Å². The van der Waals surface area contributed by atoms with E-state index in [9.17, 15) is 14.4 Å². The molecule has 0 aliphatic heterocycles. The van der Waals surface area contributed by atoms with Crippen LogP contribution in [0.4, 0.5) is 5.69 Å². The smallest absolute Gasteiger partial charge is 0.328 e. The van der Waals surface area contributed by atoms with Gasteiger partial charge in [-0.3, -0.25) is 14.2 Å². The van der Waals surface area contributed by atoms with Crippen molar-refractivity contribution in [2.45, 2.75) is 6.54 Å². The van der Waals surface area contributed by atoms with Gasteiger partial charge in [0.1, 0.15) is 6.54 Å². The van der Waals surface area contributed by atoms with Crippen LogP contribution in [0.25, 0.3) is 11.2 Å². The molecule has 1 aromatic carbocycles. The third-order valence-electron chi connectivity index (χ3n) is 3.61. The molecule has 3 aromatic rings. The molecule has 3 rings (SSSR count). The van der Waals surface area contributed by atoms with Crippen molar-refractivity contribution < 1.29 is 4.79 Å². The van der Waals surface area contributed by atoms with E-state index in [4.69, 9.17) is 0 Å². The van der Waals surface area contributed by atoms with E-state index in [0.29, 0.717) is 11.3 Å². The number of anilines is 1. The Bertz CT molecular complexity index is 1060. The maximum atomic E-state index is 12.5. The second-order valence-corrected chi connectivity index (χ2v) is 6.56. The Morgan fingerprint density at radius 2 is 2.04 bits per heavy atom. The van der Waals surface area contributed by atoms with Crippen LogP contribution in [0.1, 0.15) is 0 Å². The Balaban J connectivity index is 1.98. The average molecular weight is 439 g/mol. The van der Waals surface area contributed by atoms with Gasteiger partial charge in [0.05, 0.1) is 6.33 Å². The molecule has 0 atom stereocenters. The molecule has 124 valence electrons. The van der Waals surface area contributed by atoms with Gasteiger partial charge in [-0.2, -0.15) is 0 Å². The Morgan fingerprint density at radius 1 is 1.29 bits per heavy atom. The molecule has 0 saturated carbocycles. The fourth-order valence-electron chi connectivity index (χ4n) is 2.45. The number of benzene rings is 1. The maximum absolute atomic E-state index is 12.5. The Morgan fingerprint density at radius 3 is 2.75 bits per heavy atom. The lowest BCUT2D eigenvalue weighted by atomic mass is 10.3. The lowest BCUT2D eigenvalue weighted by Gasteiger charge is -2.09. The van der Waals surface area contributed by atoms with Crippen LogP contribution in [0.5, 0.6) is 0 Å². The summed E-state index contributed by atoms with van der Waals surface area (Å²) in [6.07, 6.45) is 1.46. The standard InChI is InChI=1S/C15H14IN5O3/c1-19-8-17-13-12(19)14(23)21(15(24)20(13)2)7-11(22)18-10-5-3-4-9(16)6-10/h3-6,8H,7H2,1-2H3,(H,18,22). The van der Waals surface area contributed by atoms with Gasteiger partial charge in [0.2, 0.25) is 5.91 Å². The van der Waals surface area contributed by atoms with Crippen molar-refractivity contribution in [2.24, 2.45) is 14.1 Å². The van der Waals surface area contributed by atoms with Gasteiger partial charge in [0, 0.05) is 23.4 Å². The minimum absolute atomic E-state index is 0.277. The number of rotatable bonds is 3. The highest BCUT2D eigenvalue weighted by Crippen LogP contribution is 2.12. The van der Waals surface area contributed by atoms with E-state index in [2.05, 4.69) is 32.9 Å². The highest BCUT2D eigenvalue weighted by atomic mass is 127. The fraction of sp³-hybridized carbons (Fsp3) is 0.200. The summed E-state index contributed by atoms with van der Waals surface area (Å²) in [6.45, 7) is -0.363. The van der Waals surface area contributed by atoms with Gasteiger partial charge < -0.3 is 9.88 Å². The molecule has 2 heterocycles. The minimum atomic E-state index is -0.580. The first-order chi connectivity index (χ1) is 11.4. The number of hydrogen-bond acceptors (Lipinski definition) is 4. The highest BCUT2D eigenvalue weighted by Gasteiger charge is 2.16. The summed E-state index contributed by atoms with van der Waals surface area (Å²) in [6, 6.07) is 7.24. The predicted octanol–water partition coefficient (Wildman–Crippen LogP) is 0.677. The van der Waals surface area contributed by atoms with Crippen LogP contribution in [0.2, 0.25) is 0 Å². The fourth-order valence-corrected chi connectivity index (χ4v) is 2.99. The molecule has 9 heteroatoms. The number of aromatic nitrogens is 4. The zero-order valence-electron chi connectivity index (χ0n) is 13.0.